The summed E-state index contributed by atoms with van der Waals surface area (Å²) in [5.74, 6) is 0. The summed E-state index contributed by atoms with van der Waals surface area (Å²) in [6, 6.07) is 10.6. The molecular formula is C16H19N. The van der Waals surface area contributed by atoms with Gasteiger partial charge in [-0.1, -0.05) is 50.8 Å². The molecule has 0 bridgehead atoms. The summed E-state index contributed by atoms with van der Waals surface area (Å²) in [6.45, 7) is 8.40. The van der Waals surface area contributed by atoms with Crippen LogP contribution in [0.25, 0.3) is 0 Å². The highest BCUT2D eigenvalue weighted by atomic mass is 14.7. The lowest BCUT2D eigenvalue weighted by molar-refractivity contribution is 0.586. The van der Waals surface area contributed by atoms with Crippen LogP contribution >= 0.6 is 0 Å². The number of hydrogen-bond acceptors (Lipinski definition) is 1. The summed E-state index contributed by atoms with van der Waals surface area (Å²) in [6.07, 6.45) is 5.97. The Labute approximate surface area is 104 Å². The highest BCUT2D eigenvalue weighted by molar-refractivity contribution is 5.63. The lowest BCUT2D eigenvalue weighted by atomic mass is 9.74. The molecule has 17 heavy (non-hydrogen) atoms. The van der Waals surface area contributed by atoms with E-state index in [9.17, 15) is 0 Å². The van der Waals surface area contributed by atoms with Gasteiger partial charge in [-0.05, 0) is 30.1 Å². The Morgan fingerprint density at radius 3 is 2.59 bits per heavy atom. The van der Waals surface area contributed by atoms with Crippen LogP contribution in [-0.4, -0.2) is 6.21 Å². The van der Waals surface area contributed by atoms with Crippen LogP contribution in [0.1, 0.15) is 32.3 Å². The zero-order chi connectivity index (χ0) is 12.3. The maximum absolute atomic E-state index is 4.46. The first-order valence-corrected chi connectivity index (χ1v) is 6.10. The minimum absolute atomic E-state index is 0.0303. The summed E-state index contributed by atoms with van der Waals surface area (Å²) in [5, 5.41) is 0. The SMILES string of the molecule is C=CC1=C(C(C)(C)c2ccccc2)CCC=N1. The number of nitrogens with zero attached hydrogens (tertiary/aromatic N) is 1. The van der Waals surface area contributed by atoms with Crippen LogP contribution in [0.5, 0.6) is 0 Å². The fraction of sp³-hybridized carbons (Fsp3) is 0.312. The quantitative estimate of drug-likeness (QED) is 0.728. The van der Waals surface area contributed by atoms with Crippen molar-refractivity contribution in [1.82, 2.24) is 0 Å². The van der Waals surface area contributed by atoms with Crippen molar-refractivity contribution in [3.8, 4) is 0 Å². The Morgan fingerprint density at radius 2 is 1.94 bits per heavy atom. The van der Waals surface area contributed by atoms with E-state index in [1.807, 2.05) is 12.3 Å². The maximum Gasteiger partial charge on any atom is 0.0620 e. The van der Waals surface area contributed by atoms with Crippen LogP contribution in [0.2, 0.25) is 0 Å². The zero-order valence-corrected chi connectivity index (χ0v) is 10.6. The Morgan fingerprint density at radius 1 is 1.24 bits per heavy atom. The van der Waals surface area contributed by atoms with Crippen molar-refractivity contribution in [1.29, 1.82) is 0 Å². The highest BCUT2D eigenvalue weighted by Crippen LogP contribution is 2.37. The minimum Gasteiger partial charge on any atom is -0.261 e. The molecule has 0 aliphatic carbocycles. The Bertz CT molecular complexity index is 464. The number of benzene rings is 1. The molecule has 1 heterocycles. The summed E-state index contributed by atoms with van der Waals surface area (Å²) in [5.41, 5.74) is 3.81. The van der Waals surface area contributed by atoms with Crippen molar-refractivity contribution in [3.63, 3.8) is 0 Å². The van der Waals surface area contributed by atoms with Gasteiger partial charge in [-0.2, -0.15) is 0 Å². The molecule has 0 aromatic heterocycles. The first kappa shape index (κ1) is 11.8. The van der Waals surface area contributed by atoms with Gasteiger partial charge in [-0.15, -0.1) is 0 Å². The van der Waals surface area contributed by atoms with E-state index in [0.29, 0.717) is 0 Å². The molecule has 2 rings (SSSR count). The molecule has 1 aliphatic heterocycles. The predicted molar refractivity (Wildman–Crippen MR) is 74.4 cm³/mol. The van der Waals surface area contributed by atoms with E-state index < -0.39 is 0 Å². The molecular weight excluding hydrogens is 206 g/mol. The molecule has 0 N–H and O–H groups in total. The second-order valence-corrected chi connectivity index (χ2v) is 4.91. The predicted octanol–water partition coefficient (Wildman–Crippen LogP) is 4.27. The molecule has 0 unspecified atom stereocenters. The van der Waals surface area contributed by atoms with Crippen molar-refractivity contribution in [3.05, 3.63) is 59.8 Å². The lowest BCUT2D eigenvalue weighted by Crippen LogP contribution is -2.23. The summed E-state index contributed by atoms with van der Waals surface area (Å²) in [4.78, 5) is 4.46. The van der Waals surface area contributed by atoms with E-state index >= 15 is 0 Å². The first-order valence-electron chi connectivity index (χ1n) is 6.10. The normalized spacial score (nSPS) is 16.1. The topological polar surface area (TPSA) is 12.4 Å². The standard InChI is InChI=1S/C16H19N/c1-4-15-14(11-8-12-17-15)16(2,3)13-9-6-5-7-10-13/h4-7,9-10,12H,1,8,11H2,2-3H3. The molecule has 1 heteroatoms. The van der Waals surface area contributed by atoms with Crippen LogP contribution in [-0.2, 0) is 5.41 Å². The van der Waals surface area contributed by atoms with Crippen molar-refractivity contribution in [2.24, 2.45) is 4.99 Å². The maximum atomic E-state index is 4.46. The zero-order valence-electron chi connectivity index (χ0n) is 10.6. The summed E-state index contributed by atoms with van der Waals surface area (Å²) in [7, 11) is 0. The van der Waals surface area contributed by atoms with Crippen LogP contribution < -0.4 is 0 Å². The van der Waals surface area contributed by atoms with E-state index in [1.165, 1.54) is 11.1 Å². The van der Waals surface area contributed by atoms with E-state index in [2.05, 4.69) is 55.8 Å². The van der Waals surface area contributed by atoms with E-state index in [4.69, 9.17) is 0 Å². The number of rotatable bonds is 3. The second-order valence-electron chi connectivity index (χ2n) is 4.91. The molecule has 0 amide bonds. The van der Waals surface area contributed by atoms with E-state index in [0.717, 1.165) is 18.5 Å². The van der Waals surface area contributed by atoms with Gasteiger partial charge < -0.3 is 0 Å². The monoisotopic (exact) mass is 225 g/mol. The first-order chi connectivity index (χ1) is 8.16. The fourth-order valence-electron chi connectivity index (χ4n) is 2.42. The molecule has 0 atom stereocenters. The summed E-state index contributed by atoms with van der Waals surface area (Å²) >= 11 is 0. The fourth-order valence-corrected chi connectivity index (χ4v) is 2.42. The van der Waals surface area contributed by atoms with Gasteiger partial charge in [0.2, 0.25) is 0 Å². The van der Waals surface area contributed by atoms with E-state index in [1.54, 1.807) is 0 Å². The number of hydrogen-bond donors (Lipinski definition) is 0. The molecule has 1 aromatic rings. The molecule has 0 saturated heterocycles. The van der Waals surface area contributed by atoms with Gasteiger partial charge in [-0.25, -0.2) is 0 Å². The van der Waals surface area contributed by atoms with E-state index in [-0.39, 0.29) is 5.41 Å². The van der Waals surface area contributed by atoms with Crippen molar-refractivity contribution in [2.45, 2.75) is 32.1 Å². The van der Waals surface area contributed by atoms with Crippen molar-refractivity contribution >= 4 is 6.21 Å². The van der Waals surface area contributed by atoms with Crippen molar-refractivity contribution in [2.75, 3.05) is 0 Å². The molecule has 0 radical (unpaired) electrons. The molecule has 88 valence electrons. The number of allylic oxidation sites excluding steroid dienone is 2. The smallest absolute Gasteiger partial charge is 0.0620 e. The second kappa shape index (κ2) is 4.70. The third-order valence-electron chi connectivity index (χ3n) is 3.51. The van der Waals surface area contributed by atoms with Gasteiger partial charge in [0.1, 0.15) is 0 Å². The lowest BCUT2D eigenvalue weighted by Gasteiger charge is -2.31. The van der Waals surface area contributed by atoms with Gasteiger partial charge in [-0.3, -0.25) is 4.99 Å². The molecule has 0 spiro atoms. The van der Waals surface area contributed by atoms with Gasteiger partial charge in [0.25, 0.3) is 0 Å². The average molecular weight is 225 g/mol. The Hall–Kier alpha value is -1.63. The molecule has 0 saturated carbocycles. The van der Waals surface area contributed by atoms with Crippen LogP contribution in [0, 0.1) is 0 Å². The van der Waals surface area contributed by atoms with Crippen LogP contribution in [0.15, 0.2) is 59.2 Å². The molecule has 0 fully saturated rings. The van der Waals surface area contributed by atoms with Gasteiger partial charge >= 0.3 is 0 Å². The number of aliphatic imine (C=N–C) groups is 1. The summed E-state index contributed by atoms with van der Waals surface area (Å²) < 4.78 is 0. The third-order valence-corrected chi connectivity index (χ3v) is 3.51. The average Bonchev–Trinajstić information content (AvgIpc) is 2.39. The molecule has 1 aliphatic rings. The molecule has 1 nitrogen and oxygen atoms in total. The Balaban J connectivity index is 2.48. The van der Waals surface area contributed by atoms with Gasteiger partial charge in [0.05, 0.1) is 5.70 Å². The minimum atomic E-state index is 0.0303. The largest absolute Gasteiger partial charge is 0.261 e. The van der Waals surface area contributed by atoms with Crippen LogP contribution in [0.4, 0.5) is 0 Å². The van der Waals surface area contributed by atoms with Crippen molar-refractivity contribution < 1.29 is 0 Å². The van der Waals surface area contributed by atoms with Crippen LogP contribution in [0.3, 0.4) is 0 Å². The Kier molecular flexibility index (Phi) is 3.28. The third kappa shape index (κ3) is 2.23. The highest BCUT2D eigenvalue weighted by Gasteiger charge is 2.28. The molecule has 1 aromatic carbocycles. The van der Waals surface area contributed by atoms with Gasteiger partial charge in [0.15, 0.2) is 0 Å². The van der Waals surface area contributed by atoms with Gasteiger partial charge in [0, 0.05) is 11.6 Å².